The van der Waals surface area contributed by atoms with Crippen LogP contribution in [-0.2, 0) is 38.3 Å². The minimum Gasteiger partial charge on any atom is -0.457 e. The van der Waals surface area contributed by atoms with E-state index in [1.165, 1.54) is 96.3 Å². The molecular weight excluding hydrogens is 753 g/mol. The summed E-state index contributed by atoms with van der Waals surface area (Å²) in [6.45, 7) is 3.96. The fourth-order valence-corrected chi connectivity index (χ4v) is 7.35. The van der Waals surface area contributed by atoms with Crippen molar-refractivity contribution in [3.63, 3.8) is 0 Å². The summed E-state index contributed by atoms with van der Waals surface area (Å²) in [5.74, 6) is -0.410. The number of rotatable bonds is 39. The minimum atomic E-state index is -5.06. The zero-order valence-electron chi connectivity index (χ0n) is 35.7. The van der Waals surface area contributed by atoms with Crippen LogP contribution in [-0.4, -0.2) is 97.5 Å². The summed E-state index contributed by atoms with van der Waals surface area (Å²) >= 11 is 0. The molecule has 12 nitrogen and oxygen atoms in total. The van der Waals surface area contributed by atoms with Gasteiger partial charge in [-0.3, -0.25) is 9.35 Å². The zero-order valence-corrected chi connectivity index (χ0v) is 36.5. The largest absolute Gasteiger partial charge is 0.457 e. The van der Waals surface area contributed by atoms with Crippen molar-refractivity contribution in [1.29, 1.82) is 0 Å². The first-order valence-corrected chi connectivity index (χ1v) is 24.0. The Morgan fingerprint density at radius 1 is 0.649 bits per heavy atom. The standard InChI is InChI=1S/C44H82O12S/c1-3-5-7-9-11-13-15-17-19-20-22-24-26-28-30-32-34-52-36-38(37-53-44-42(48)43(56-57(49,50)51)41(47)39(35-45)55-44)54-40(46)33-31-29-27-25-23-21-18-16-14-12-10-8-6-4-2/h16-19,38-39,41-45,47-48H,3-15,20-37H2,1-2H3,(H,49,50,51)/b18-16-,19-17-. The van der Waals surface area contributed by atoms with Crippen LogP contribution in [0, 0.1) is 0 Å². The van der Waals surface area contributed by atoms with Crippen molar-refractivity contribution in [3.8, 4) is 0 Å². The highest BCUT2D eigenvalue weighted by Gasteiger charge is 2.48. The van der Waals surface area contributed by atoms with E-state index in [0.717, 1.165) is 64.2 Å². The van der Waals surface area contributed by atoms with Crippen molar-refractivity contribution in [2.24, 2.45) is 0 Å². The lowest BCUT2D eigenvalue weighted by Gasteiger charge is -2.41. The molecule has 6 unspecified atom stereocenters. The van der Waals surface area contributed by atoms with Gasteiger partial charge in [-0.2, -0.15) is 8.42 Å². The maximum absolute atomic E-state index is 12.8. The number of ether oxygens (including phenoxy) is 4. The molecule has 0 spiro atoms. The van der Waals surface area contributed by atoms with Gasteiger partial charge in [0.05, 0.1) is 19.8 Å². The van der Waals surface area contributed by atoms with Gasteiger partial charge >= 0.3 is 16.4 Å². The van der Waals surface area contributed by atoms with Crippen molar-refractivity contribution >= 4 is 16.4 Å². The molecule has 57 heavy (non-hydrogen) atoms. The summed E-state index contributed by atoms with van der Waals surface area (Å²) in [5.41, 5.74) is 0. The molecule has 1 rings (SSSR count). The van der Waals surface area contributed by atoms with Crippen molar-refractivity contribution in [2.75, 3.05) is 26.4 Å². The van der Waals surface area contributed by atoms with Crippen LogP contribution in [0.2, 0.25) is 0 Å². The van der Waals surface area contributed by atoms with Crippen LogP contribution in [0.4, 0.5) is 0 Å². The van der Waals surface area contributed by atoms with Crippen LogP contribution in [0.5, 0.6) is 0 Å². The summed E-state index contributed by atoms with van der Waals surface area (Å²) in [6, 6.07) is 0. The van der Waals surface area contributed by atoms with E-state index in [0.29, 0.717) is 13.0 Å². The first kappa shape index (κ1) is 53.6. The summed E-state index contributed by atoms with van der Waals surface area (Å²) in [6.07, 6.45) is 30.6. The molecule has 1 fully saturated rings. The third-order valence-corrected chi connectivity index (χ3v) is 10.8. The summed E-state index contributed by atoms with van der Waals surface area (Å²) in [4.78, 5) is 12.8. The molecule has 0 amide bonds. The van der Waals surface area contributed by atoms with E-state index in [1.54, 1.807) is 0 Å². The Morgan fingerprint density at radius 3 is 1.58 bits per heavy atom. The average molecular weight is 835 g/mol. The lowest BCUT2D eigenvalue weighted by atomic mass is 9.99. The molecule has 13 heteroatoms. The normalized spacial score (nSPS) is 20.8. The summed E-state index contributed by atoms with van der Waals surface area (Å²) in [5, 5.41) is 30.6. The molecule has 0 aromatic rings. The van der Waals surface area contributed by atoms with E-state index < -0.39 is 59.8 Å². The Kier molecular flexibility index (Phi) is 34.3. The maximum atomic E-state index is 12.8. The maximum Gasteiger partial charge on any atom is 0.397 e. The van der Waals surface area contributed by atoms with E-state index in [2.05, 4.69) is 42.3 Å². The van der Waals surface area contributed by atoms with Gasteiger partial charge in [0.25, 0.3) is 0 Å². The summed E-state index contributed by atoms with van der Waals surface area (Å²) < 4.78 is 59.0. The van der Waals surface area contributed by atoms with Crippen LogP contribution in [0.15, 0.2) is 24.3 Å². The van der Waals surface area contributed by atoms with Gasteiger partial charge in [-0.05, 0) is 64.2 Å². The number of allylic oxidation sites excluding steroid dienone is 4. The molecule has 1 aliphatic rings. The highest BCUT2D eigenvalue weighted by Crippen LogP contribution is 2.26. The zero-order chi connectivity index (χ0) is 41.8. The lowest BCUT2D eigenvalue weighted by Crippen LogP contribution is -2.60. The van der Waals surface area contributed by atoms with Gasteiger partial charge in [-0.15, -0.1) is 0 Å². The monoisotopic (exact) mass is 835 g/mol. The number of carbonyl (C=O) groups is 1. The van der Waals surface area contributed by atoms with Crippen LogP contribution < -0.4 is 0 Å². The van der Waals surface area contributed by atoms with Crippen molar-refractivity contribution in [1.82, 2.24) is 0 Å². The molecule has 1 aliphatic heterocycles. The number of esters is 1. The molecule has 0 aliphatic carbocycles. The molecule has 0 bridgehead atoms. The number of unbranched alkanes of at least 4 members (excludes halogenated alkanes) is 22. The molecule has 6 atom stereocenters. The Balaban J connectivity index is 2.44. The van der Waals surface area contributed by atoms with Gasteiger partial charge in [-0.1, -0.05) is 141 Å². The topological polar surface area (TPSA) is 178 Å². The van der Waals surface area contributed by atoms with Crippen LogP contribution >= 0.6 is 0 Å². The predicted octanol–water partition coefficient (Wildman–Crippen LogP) is 9.24. The van der Waals surface area contributed by atoms with Gasteiger partial charge in [0, 0.05) is 13.0 Å². The average Bonchev–Trinajstić information content (AvgIpc) is 3.18. The van der Waals surface area contributed by atoms with Crippen molar-refractivity contribution in [3.05, 3.63) is 24.3 Å². The quantitative estimate of drug-likeness (QED) is 0.0200. The number of hydrogen-bond donors (Lipinski definition) is 4. The van der Waals surface area contributed by atoms with E-state index in [1.807, 2.05) is 0 Å². The third-order valence-electron chi connectivity index (χ3n) is 10.3. The number of aliphatic hydroxyl groups is 3. The Hall–Kier alpha value is -1.42. The third kappa shape index (κ3) is 30.3. The molecule has 336 valence electrons. The lowest BCUT2D eigenvalue weighted by molar-refractivity contribution is -0.301. The van der Waals surface area contributed by atoms with E-state index in [4.69, 9.17) is 23.5 Å². The molecule has 4 N–H and O–H groups in total. The molecule has 0 aromatic carbocycles. The van der Waals surface area contributed by atoms with Gasteiger partial charge in [0.1, 0.15) is 30.5 Å². The van der Waals surface area contributed by atoms with Crippen LogP contribution in [0.25, 0.3) is 0 Å². The molecule has 0 aromatic heterocycles. The highest BCUT2D eigenvalue weighted by atomic mass is 32.3. The SMILES string of the molecule is CCCCCCC/C=C\CCCCCCCC(=O)OC(COCCCCCCCC/C=C\CCCCCCCC)COC1OC(CO)C(O)C(OS(=O)(=O)O)C1O. The smallest absolute Gasteiger partial charge is 0.397 e. The van der Waals surface area contributed by atoms with E-state index in [-0.39, 0.29) is 19.6 Å². The van der Waals surface area contributed by atoms with E-state index in [9.17, 15) is 28.5 Å². The molecule has 1 heterocycles. The fourth-order valence-electron chi connectivity index (χ4n) is 6.84. The number of aliphatic hydroxyl groups excluding tert-OH is 3. The second-order valence-electron chi connectivity index (χ2n) is 15.6. The first-order chi connectivity index (χ1) is 27.6. The molecule has 0 radical (unpaired) electrons. The minimum absolute atomic E-state index is 0.0306. The highest BCUT2D eigenvalue weighted by molar-refractivity contribution is 7.80. The summed E-state index contributed by atoms with van der Waals surface area (Å²) in [7, 11) is -5.06. The molecule has 1 saturated heterocycles. The second kappa shape index (κ2) is 36.4. The van der Waals surface area contributed by atoms with E-state index >= 15 is 0 Å². The van der Waals surface area contributed by atoms with Gasteiger partial charge in [-0.25, -0.2) is 4.18 Å². The first-order valence-electron chi connectivity index (χ1n) is 22.6. The van der Waals surface area contributed by atoms with Crippen LogP contribution in [0.3, 0.4) is 0 Å². The van der Waals surface area contributed by atoms with Crippen molar-refractivity contribution in [2.45, 2.75) is 224 Å². The van der Waals surface area contributed by atoms with Crippen molar-refractivity contribution < 1.29 is 56.2 Å². The molecular formula is C44H82O12S. The van der Waals surface area contributed by atoms with Gasteiger partial charge in [0.15, 0.2) is 6.29 Å². The Morgan fingerprint density at radius 2 is 1.11 bits per heavy atom. The second-order valence-corrected chi connectivity index (χ2v) is 16.7. The number of hydrogen-bond acceptors (Lipinski definition) is 11. The number of carbonyl (C=O) groups excluding carboxylic acids is 1. The predicted molar refractivity (Wildman–Crippen MR) is 225 cm³/mol. The van der Waals surface area contributed by atoms with Crippen LogP contribution in [0.1, 0.15) is 187 Å². The Labute approximate surface area is 346 Å². The van der Waals surface area contributed by atoms with Gasteiger partial charge < -0.3 is 34.3 Å². The Bertz CT molecular complexity index is 1100. The van der Waals surface area contributed by atoms with Gasteiger partial charge in [0.2, 0.25) is 0 Å². The molecule has 0 saturated carbocycles. The fraction of sp³-hybridized carbons (Fsp3) is 0.886.